The summed E-state index contributed by atoms with van der Waals surface area (Å²) < 4.78 is 1.72. The van der Waals surface area contributed by atoms with Gasteiger partial charge in [0, 0.05) is 30.6 Å². The molecule has 0 saturated carbocycles. The second-order valence-corrected chi connectivity index (χ2v) is 11.2. The molecule has 2 aliphatic rings. The number of amides is 3. The summed E-state index contributed by atoms with van der Waals surface area (Å²) in [5.41, 5.74) is 1.23. The predicted octanol–water partition coefficient (Wildman–Crippen LogP) is 4.23. The van der Waals surface area contributed by atoms with Gasteiger partial charge in [0.25, 0.3) is 5.91 Å². The lowest BCUT2D eigenvalue weighted by Crippen LogP contribution is -2.56. The third kappa shape index (κ3) is 4.84. The van der Waals surface area contributed by atoms with Crippen LogP contribution in [0.1, 0.15) is 49.2 Å². The number of aryl methyl sites for hydroxylation is 2. The van der Waals surface area contributed by atoms with E-state index in [9.17, 15) is 9.59 Å². The Hall–Kier alpha value is -1.90. The van der Waals surface area contributed by atoms with Gasteiger partial charge in [-0.1, -0.05) is 31.5 Å². The van der Waals surface area contributed by atoms with E-state index in [4.69, 9.17) is 11.6 Å². The van der Waals surface area contributed by atoms with Gasteiger partial charge in [-0.3, -0.25) is 19.3 Å². The van der Waals surface area contributed by atoms with Crippen LogP contribution in [-0.2, 0) is 24.8 Å². The van der Waals surface area contributed by atoms with Crippen LogP contribution < -0.4 is 5.32 Å². The van der Waals surface area contributed by atoms with Crippen molar-refractivity contribution in [3.8, 4) is 0 Å². The molecule has 0 radical (unpaired) electrons. The SMILES string of the molecule is Cc1nn(C)c(Cl)c1CN1CCC([C@]2(CC(C)C)NC(=O)N(CCc3cccs3)C2=O)CC1. The maximum Gasteiger partial charge on any atom is 0.325 e. The van der Waals surface area contributed by atoms with E-state index in [1.54, 1.807) is 16.0 Å². The summed E-state index contributed by atoms with van der Waals surface area (Å²) in [4.78, 5) is 31.7. The molecule has 3 amide bonds. The van der Waals surface area contributed by atoms with Crippen molar-refractivity contribution in [1.29, 1.82) is 0 Å². The van der Waals surface area contributed by atoms with E-state index >= 15 is 0 Å². The van der Waals surface area contributed by atoms with Crippen molar-refractivity contribution in [2.75, 3.05) is 19.6 Å². The first-order chi connectivity index (χ1) is 15.7. The lowest BCUT2D eigenvalue weighted by molar-refractivity contribution is -0.134. The highest BCUT2D eigenvalue weighted by atomic mass is 35.5. The molecule has 180 valence electrons. The summed E-state index contributed by atoms with van der Waals surface area (Å²) in [7, 11) is 1.86. The molecule has 4 heterocycles. The van der Waals surface area contributed by atoms with Crippen LogP contribution >= 0.6 is 22.9 Å². The molecular formula is C24H34ClN5O2S. The van der Waals surface area contributed by atoms with Gasteiger partial charge in [-0.25, -0.2) is 4.79 Å². The zero-order chi connectivity index (χ0) is 23.8. The third-order valence-corrected chi connectivity index (χ3v) is 8.44. The fraction of sp³-hybridized carbons (Fsp3) is 0.625. The largest absolute Gasteiger partial charge is 0.325 e. The minimum Gasteiger partial charge on any atom is -0.323 e. The summed E-state index contributed by atoms with van der Waals surface area (Å²) in [6.45, 7) is 9.16. The van der Waals surface area contributed by atoms with Gasteiger partial charge in [0.05, 0.1) is 5.69 Å². The van der Waals surface area contributed by atoms with Gasteiger partial charge in [0.15, 0.2) is 0 Å². The van der Waals surface area contributed by atoms with Crippen molar-refractivity contribution in [2.24, 2.45) is 18.9 Å². The Balaban J connectivity index is 1.45. The number of thiophene rings is 1. The third-order valence-electron chi connectivity index (χ3n) is 7.03. The number of nitrogens with one attached hydrogen (secondary N) is 1. The smallest absolute Gasteiger partial charge is 0.323 e. The summed E-state index contributed by atoms with van der Waals surface area (Å²) in [6, 6.07) is 3.82. The van der Waals surface area contributed by atoms with Crippen molar-refractivity contribution in [2.45, 2.75) is 58.5 Å². The number of hydrogen-bond acceptors (Lipinski definition) is 5. The van der Waals surface area contributed by atoms with E-state index in [0.717, 1.165) is 43.7 Å². The van der Waals surface area contributed by atoms with Crippen LogP contribution in [-0.4, -0.2) is 56.7 Å². The molecule has 2 aliphatic heterocycles. The molecule has 2 aromatic heterocycles. The molecule has 0 aliphatic carbocycles. The van der Waals surface area contributed by atoms with E-state index in [-0.39, 0.29) is 17.9 Å². The van der Waals surface area contributed by atoms with Crippen LogP contribution in [0.2, 0.25) is 5.15 Å². The monoisotopic (exact) mass is 491 g/mol. The summed E-state index contributed by atoms with van der Waals surface area (Å²) >= 11 is 8.10. The van der Waals surface area contributed by atoms with E-state index < -0.39 is 5.54 Å². The Morgan fingerprint density at radius 2 is 2.03 bits per heavy atom. The quantitative estimate of drug-likeness (QED) is 0.561. The molecule has 9 heteroatoms. The standard InChI is InChI=1S/C24H34ClN5O2S/c1-16(2)14-24(22(31)30(23(32)26-24)12-9-19-6-5-13-33-19)18-7-10-29(11-8-18)15-20-17(3)27-28(4)21(20)25/h5-6,13,16,18H,7-12,14-15H2,1-4H3,(H,26,32)/t24-/m0/s1. The van der Waals surface area contributed by atoms with Gasteiger partial charge in [0.1, 0.15) is 10.7 Å². The lowest BCUT2D eigenvalue weighted by Gasteiger charge is -2.41. The number of nitrogens with zero attached hydrogens (tertiary/aromatic N) is 4. The molecule has 33 heavy (non-hydrogen) atoms. The number of urea groups is 1. The Labute approximate surface area is 205 Å². The van der Waals surface area contributed by atoms with Gasteiger partial charge < -0.3 is 5.32 Å². The van der Waals surface area contributed by atoms with Crippen LogP contribution in [0.3, 0.4) is 0 Å². The normalized spacial score (nSPS) is 22.5. The van der Waals surface area contributed by atoms with Crippen LogP contribution in [0.25, 0.3) is 0 Å². The average molecular weight is 492 g/mol. The number of rotatable bonds is 8. The van der Waals surface area contributed by atoms with Gasteiger partial charge in [0.2, 0.25) is 0 Å². The topological polar surface area (TPSA) is 70.5 Å². The minimum absolute atomic E-state index is 0.0395. The predicted molar refractivity (Wildman–Crippen MR) is 131 cm³/mol. The number of hydrogen-bond donors (Lipinski definition) is 1. The second kappa shape index (κ2) is 9.76. The number of likely N-dealkylation sites (tertiary alicyclic amines) is 1. The van der Waals surface area contributed by atoms with Gasteiger partial charge >= 0.3 is 6.03 Å². The molecule has 0 aromatic carbocycles. The molecule has 0 unspecified atom stereocenters. The van der Waals surface area contributed by atoms with E-state index in [1.807, 2.05) is 25.4 Å². The van der Waals surface area contributed by atoms with Crippen molar-refractivity contribution in [3.63, 3.8) is 0 Å². The summed E-state index contributed by atoms with van der Waals surface area (Å²) in [5.74, 6) is 0.397. The number of imide groups is 1. The maximum absolute atomic E-state index is 13.7. The van der Waals surface area contributed by atoms with Crippen LogP contribution in [0, 0.1) is 18.8 Å². The fourth-order valence-corrected chi connectivity index (χ4v) is 6.34. The highest BCUT2D eigenvalue weighted by molar-refractivity contribution is 7.09. The Morgan fingerprint density at radius 1 is 1.30 bits per heavy atom. The van der Waals surface area contributed by atoms with Crippen molar-refractivity contribution in [1.82, 2.24) is 24.9 Å². The zero-order valence-corrected chi connectivity index (χ0v) is 21.5. The molecule has 2 aromatic rings. The van der Waals surface area contributed by atoms with Crippen LogP contribution in [0.5, 0.6) is 0 Å². The average Bonchev–Trinajstić information content (AvgIpc) is 3.43. The highest BCUT2D eigenvalue weighted by Gasteiger charge is 2.55. The van der Waals surface area contributed by atoms with Gasteiger partial charge in [-0.05, 0) is 69.0 Å². The Kier molecular flexibility index (Phi) is 7.17. The molecule has 2 saturated heterocycles. The Morgan fingerprint density at radius 3 is 2.61 bits per heavy atom. The highest BCUT2D eigenvalue weighted by Crippen LogP contribution is 2.39. The lowest BCUT2D eigenvalue weighted by atomic mass is 9.73. The molecule has 2 fully saturated rings. The number of piperidine rings is 1. The first-order valence-electron chi connectivity index (χ1n) is 11.8. The van der Waals surface area contributed by atoms with Crippen molar-refractivity contribution < 1.29 is 9.59 Å². The molecule has 0 spiro atoms. The molecule has 1 N–H and O–H groups in total. The first kappa shape index (κ1) is 24.2. The maximum atomic E-state index is 13.7. The van der Waals surface area contributed by atoms with Gasteiger partial charge in [-0.2, -0.15) is 5.10 Å². The number of aromatic nitrogens is 2. The van der Waals surface area contributed by atoms with E-state index in [0.29, 0.717) is 30.5 Å². The minimum atomic E-state index is -0.797. The Bertz CT molecular complexity index is 997. The first-order valence-corrected chi connectivity index (χ1v) is 13.0. The molecule has 1 atom stereocenters. The van der Waals surface area contributed by atoms with E-state index in [2.05, 4.69) is 35.2 Å². The second-order valence-electron chi connectivity index (χ2n) is 9.81. The van der Waals surface area contributed by atoms with Crippen LogP contribution in [0.4, 0.5) is 4.79 Å². The molecule has 0 bridgehead atoms. The molecular weight excluding hydrogens is 458 g/mol. The fourth-order valence-electron chi connectivity index (χ4n) is 5.41. The van der Waals surface area contributed by atoms with Crippen LogP contribution in [0.15, 0.2) is 17.5 Å². The summed E-state index contributed by atoms with van der Waals surface area (Å²) in [6.07, 6.45) is 3.12. The molecule has 4 rings (SSSR count). The van der Waals surface area contributed by atoms with E-state index in [1.165, 1.54) is 9.78 Å². The van der Waals surface area contributed by atoms with Crippen molar-refractivity contribution in [3.05, 3.63) is 38.8 Å². The summed E-state index contributed by atoms with van der Waals surface area (Å²) in [5, 5.41) is 10.3. The number of halogens is 1. The molecule has 7 nitrogen and oxygen atoms in total. The number of carbonyl (C=O) groups is 2. The van der Waals surface area contributed by atoms with Gasteiger partial charge in [-0.15, -0.1) is 11.3 Å². The van der Waals surface area contributed by atoms with Crippen molar-refractivity contribution >= 4 is 34.9 Å². The number of carbonyl (C=O) groups excluding carboxylic acids is 2. The zero-order valence-electron chi connectivity index (χ0n) is 19.9.